The summed E-state index contributed by atoms with van der Waals surface area (Å²) in [6.45, 7) is 2.24. The van der Waals surface area contributed by atoms with E-state index in [1.807, 2.05) is 30.3 Å². The van der Waals surface area contributed by atoms with Gasteiger partial charge in [-0.25, -0.2) is 0 Å². The van der Waals surface area contributed by atoms with Crippen LogP contribution in [-0.4, -0.2) is 19.4 Å². The van der Waals surface area contributed by atoms with Crippen molar-refractivity contribution in [1.29, 1.82) is 0 Å². The summed E-state index contributed by atoms with van der Waals surface area (Å²) in [5.74, 6) is 0. The summed E-state index contributed by atoms with van der Waals surface area (Å²) in [5, 5.41) is 3.20. The molecule has 0 aliphatic carbocycles. The first-order chi connectivity index (χ1) is 13.6. The van der Waals surface area contributed by atoms with Crippen LogP contribution in [-0.2, 0) is 21.8 Å². The Kier molecular flexibility index (Phi) is 6.21. The molecule has 1 N–H and O–H groups in total. The first-order valence-electron chi connectivity index (χ1n) is 8.90. The molecule has 0 spiro atoms. The van der Waals surface area contributed by atoms with E-state index in [2.05, 4.69) is 5.32 Å². The van der Waals surface area contributed by atoms with Crippen molar-refractivity contribution in [3.8, 4) is 0 Å². The van der Waals surface area contributed by atoms with E-state index in [0.717, 1.165) is 5.56 Å². The van der Waals surface area contributed by atoms with E-state index in [9.17, 15) is 26.3 Å². The molecule has 3 nitrogen and oxygen atoms in total. The maximum atomic E-state index is 13.1. The summed E-state index contributed by atoms with van der Waals surface area (Å²) in [6.07, 6.45) is -11.8. The first-order valence-corrected chi connectivity index (χ1v) is 8.90. The van der Waals surface area contributed by atoms with Crippen LogP contribution < -0.4 is 5.32 Å². The Hall–Kier alpha value is -2.10. The van der Waals surface area contributed by atoms with Crippen molar-refractivity contribution in [3.05, 3.63) is 70.8 Å². The fourth-order valence-electron chi connectivity index (χ4n) is 3.13. The van der Waals surface area contributed by atoms with Crippen molar-refractivity contribution in [2.24, 2.45) is 0 Å². The molecule has 0 saturated carbocycles. The number of halogens is 6. The van der Waals surface area contributed by atoms with Crippen LogP contribution in [0.3, 0.4) is 0 Å². The van der Waals surface area contributed by atoms with Crippen LogP contribution in [0.15, 0.2) is 48.5 Å². The third kappa shape index (κ3) is 5.29. The Morgan fingerprint density at radius 2 is 1.55 bits per heavy atom. The Balaban J connectivity index is 1.88. The van der Waals surface area contributed by atoms with Gasteiger partial charge in [-0.15, -0.1) is 0 Å². The van der Waals surface area contributed by atoms with E-state index in [4.69, 9.17) is 9.47 Å². The van der Waals surface area contributed by atoms with Crippen LogP contribution >= 0.6 is 0 Å². The molecule has 0 unspecified atom stereocenters. The summed E-state index contributed by atoms with van der Waals surface area (Å²) in [7, 11) is 0. The van der Waals surface area contributed by atoms with Crippen molar-refractivity contribution in [3.63, 3.8) is 0 Å². The van der Waals surface area contributed by atoms with Gasteiger partial charge in [0.15, 0.2) is 6.29 Å². The van der Waals surface area contributed by atoms with Crippen LogP contribution in [0.4, 0.5) is 26.3 Å². The molecule has 1 fully saturated rings. The highest BCUT2D eigenvalue weighted by atomic mass is 19.4. The molecule has 3 atom stereocenters. The number of alkyl halides is 6. The van der Waals surface area contributed by atoms with E-state index < -0.39 is 41.9 Å². The van der Waals surface area contributed by atoms with Crippen molar-refractivity contribution in [2.45, 2.75) is 37.7 Å². The van der Waals surface area contributed by atoms with Gasteiger partial charge >= 0.3 is 12.4 Å². The average molecular weight is 419 g/mol. The molecule has 1 aliphatic heterocycles. The van der Waals surface area contributed by atoms with E-state index in [0.29, 0.717) is 25.3 Å². The van der Waals surface area contributed by atoms with Gasteiger partial charge in [0.1, 0.15) is 0 Å². The van der Waals surface area contributed by atoms with E-state index in [1.165, 1.54) is 6.92 Å². The summed E-state index contributed by atoms with van der Waals surface area (Å²) in [5.41, 5.74) is -2.14. The molecule has 3 rings (SSSR count). The molecule has 2 aromatic carbocycles. The fourth-order valence-corrected chi connectivity index (χ4v) is 3.13. The van der Waals surface area contributed by atoms with Gasteiger partial charge in [0, 0.05) is 6.54 Å². The van der Waals surface area contributed by atoms with Gasteiger partial charge in [-0.1, -0.05) is 30.3 Å². The number of hydrogen-bond acceptors (Lipinski definition) is 3. The minimum atomic E-state index is -4.91. The minimum Gasteiger partial charge on any atom is -0.349 e. The molecule has 0 bridgehead atoms. The number of benzene rings is 2. The lowest BCUT2D eigenvalue weighted by atomic mass is 10.0. The quantitative estimate of drug-likeness (QED) is 0.665. The van der Waals surface area contributed by atoms with Crippen LogP contribution in [0.2, 0.25) is 0 Å². The van der Waals surface area contributed by atoms with Crippen molar-refractivity contribution in [1.82, 2.24) is 5.32 Å². The highest BCUT2D eigenvalue weighted by molar-refractivity contribution is 5.34. The Labute approximate surface area is 163 Å². The Morgan fingerprint density at radius 3 is 2.10 bits per heavy atom. The molecule has 158 valence electrons. The van der Waals surface area contributed by atoms with E-state index in [-0.39, 0.29) is 11.6 Å². The summed E-state index contributed by atoms with van der Waals surface area (Å²) >= 11 is 0. The van der Waals surface area contributed by atoms with Crippen molar-refractivity contribution in [2.75, 3.05) is 13.2 Å². The standard InChI is InChI=1S/C20H19F6NO2/c1-12(14-9-15(19(21,22)23)11-16(10-14)20(24,25)26)29-18-17(27-7-8-28-18)13-5-3-2-4-6-13/h2-6,9-12,17-18,27H,7-8H2,1H3/t12-,17+,18-/m1/s1. The van der Waals surface area contributed by atoms with Crippen LogP contribution in [0.1, 0.15) is 41.3 Å². The van der Waals surface area contributed by atoms with Gasteiger partial charge in [-0.3, -0.25) is 0 Å². The Bertz CT molecular complexity index is 790. The minimum absolute atomic E-state index is 0.0989. The maximum absolute atomic E-state index is 13.1. The monoisotopic (exact) mass is 419 g/mol. The lowest BCUT2D eigenvalue weighted by Crippen LogP contribution is -2.43. The van der Waals surface area contributed by atoms with Crippen molar-refractivity contribution >= 4 is 0 Å². The highest BCUT2D eigenvalue weighted by Gasteiger charge is 2.38. The fraction of sp³-hybridized carbons (Fsp3) is 0.400. The third-order valence-electron chi connectivity index (χ3n) is 4.60. The summed E-state index contributed by atoms with van der Waals surface area (Å²) < 4.78 is 90.0. The van der Waals surface area contributed by atoms with Crippen molar-refractivity contribution < 1.29 is 35.8 Å². The number of rotatable bonds is 4. The summed E-state index contributed by atoms with van der Waals surface area (Å²) in [6, 6.07) is 10.2. The number of nitrogens with one attached hydrogen (secondary N) is 1. The lowest BCUT2D eigenvalue weighted by Gasteiger charge is -2.34. The van der Waals surface area contributed by atoms with Gasteiger partial charge < -0.3 is 14.8 Å². The molecule has 29 heavy (non-hydrogen) atoms. The molecule has 0 aromatic heterocycles. The zero-order chi connectivity index (χ0) is 21.2. The van der Waals surface area contributed by atoms with Gasteiger partial charge in [0.2, 0.25) is 0 Å². The molecule has 1 saturated heterocycles. The highest BCUT2D eigenvalue weighted by Crippen LogP contribution is 2.38. The third-order valence-corrected chi connectivity index (χ3v) is 4.60. The summed E-state index contributed by atoms with van der Waals surface area (Å²) in [4.78, 5) is 0. The Morgan fingerprint density at radius 1 is 0.966 bits per heavy atom. The zero-order valence-electron chi connectivity index (χ0n) is 15.3. The smallest absolute Gasteiger partial charge is 0.349 e. The zero-order valence-corrected chi connectivity index (χ0v) is 15.3. The molecule has 2 aromatic rings. The number of ether oxygens (including phenoxy) is 2. The maximum Gasteiger partial charge on any atom is 0.416 e. The average Bonchev–Trinajstić information content (AvgIpc) is 2.67. The van der Waals surface area contributed by atoms with Gasteiger partial charge in [-0.05, 0) is 36.2 Å². The van der Waals surface area contributed by atoms with Gasteiger partial charge in [0.25, 0.3) is 0 Å². The second kappa shape index (κ2) is 8.33. The predicted molar refractivity (Wildman–Crippen MR) is 92.9 cm³/mol. The molecule has 1 heterocycles. The molecular formula is C20H19F6NO2. The van der Waals surface area contributed by atoms with Crippen LogP contribution in [0.5, 0.6) is 0 Å². The SMILES string of the molecule is C[C@@H](O[C@H]1OCCN[C@H]1c1ccccc1)c1cc(C(F)(F)F)cc(C(F)(F)F)c1. The van der Waals surface area contributed by atoms with Gasteiger partial charge in [0.05, 0.1) is 29.9 Å². The normalized spacial score (nSPS) is 21.8. The molecule has 1 aliphatic rings. The largest absolute Gasteiger partial charge is 0.416 e. The first kappa shape index (κ1) is 21.6. The van der Waals surface area contributed by atoms with Crippen LogP contribution in [0, 0.1) is 0 Å². The van der Waals surface area contributed by atoms with Crippen LogP contribution in [0.25, 0.3) is 0 Å². The number of morpholine rings is 1. The van der Waals surface area contributed by atoms with Gasteiger partial charge in [-0.2, -0.15) is 26.3 Å². The second-order valence-electron chi connectivity index (χ2n) is 6.70. The molecule has 0 radical (unpaired) electrons. The molecule has 0 amide bonds. The topological polar surface area (TPSA) is 30.5 Å². The molecular weight excluding hydrogens is 400 g/mol. The van der Waals surface area contributed by atoms with E-state index >= 15 is 0 Å². The van der Waals surface area contributed by atoms with E-state index in [1.54, 1.807) is 0 Å². The second-order valence-corrected chi connectivity index (χ2v) is 6.70. The number of hydrogen-bond donors (Lipinski definition) is 1. The predicted octanol–water partition coefficient (Wildman–Crippen LogP) is 5.49. The molecule has 9 heteroatoms. The lowest BCUT2D eigenvalue weighted by molar-refractivity contribution is -0.200.